The molecule has 3 aliphatic rings. The molecule has 3 saturated heterocycles. The predicted molar refractivity (Wildman–Crippen MR) is 83.3 cm³/mol. The van der Waals surface area contributed by atoms with E-state index in [-0.39, 0.29) is 6.04 Å². The number of hydrogen-bond acceptors (Lipinski definition) is 4. The number of piperidine rings is 1. The quantitative estimate of drug-likeness (QED) is 0.749. The standard InChI is InChI=1S/C14H28N4O2S/c1-15-10-12-4-2-8-18(11-12)21(19,20)16-13-6-9-17-7-3-5-14(13)17/h12-16H,2-11H2,1H3. The first-order valence-corrected chi connectivity index (χ1v) is 9.70. The molecule has 0 bridgehead atoms. The van der Waals surface area contributed by atoms with Crippen molar-refractivity contribution >= 4 is 10.2 Å². The van der Waals surface area contributed by atoms with Gasteiger partial charge >= 0.3 is 0 Å². The van der Waals surface area contributed by atoms with Gasteiger partial charge < -0.3 is 5.32 Å². The highest BCUT2D eigenvalue weighted by atomic mass is 32.2. The van der Waals surface area contributed by atoms with Crippen LogP contribution in [0.4, 0.5) is 0 Å². The Labute approximate surface area is 128 Å². The lowest BCUT2D eigenvalue weighted by Gasteiger charge is -2.33. The Kier molecular flexibility index (Phi) is 4.85. The average molecular weight is 316 g/mol. The summed E-state index contributed by atoms with van der Waals surface area (Å²) >= 11 is 0. The molecule has 0 amide bonds. The lowest BCUT2D eigenvalue weighted by Crippen LogP contribution is -2.52. The Bertz CT molecular complexity index is 454. The molecule has 3 rings (SSSR count). The summed E-state index contributed by atoms with van der Waals surface area (Å²) in [5, 5.41) is 3.16. The van der Waals surface area contributed by atoms with Crippen LogP contribution in [0.5, 0.6) is 0 Å². The fourth-order valence-corrected chi connectivity index (χ4v) is 5.77. The van der Waals surface area contributed by atoms with Gasteiger partial charge in [0.2, 0.25) is 0 Å². The predicted octanol–water partition coefficient (Wildman–Crippen LogP) is -0.0111. The molecule has 0 saturated carbocycles. The van der Waals surface area contributed by atoms with Gasteiger partial charge in [0, 0.05) is 31.7 Å². The van der Waals surface area contributed by atoms with Crippen molar-refractivity contribution in [2.45, 2.75) is 44.2 Å². The summed E-state index contributed by atoms with van der Waals surface area (Å²) in [6.45, 7) is 4.39. The Hall–Kier alpha value is -0.210. The van der Waals surface area contributed by atoms with Crippen LogP contribution < -0.4 is 10.0 Å². The van der Waals surface area contributed by atoms with E-state index in [0.717, 1.165) is 45.3 Å². The van der Waals surface area contributed by atoms with Crippen molar-refractivity contribution in [1.82, 2.24) is 19.2 Å². The van der Waals surface area contributed by atoms with Gasteiger partial charge in [-0.05, 0) is 58.2 Å². The fourth-order valence-electron chi connectivity index (χ4n) is 4.19. The highest BCUT2D eigenvalue weighted by molar-refractivity contribution is 7.87. The Morgan fingerprint density at radius 3 is 2.71 bits per heavy atom. The van der Waals surface area contributed by atoms with Crippen LogP contribution in [-0.4, -0.2) is 69.5 Å². The first kappa shape index (κ1) is 15.7. The highest BCUT2D eigenvalue weighted by Crippen LogP contribution is 2.29. The van der Waals surface area contributed by atoms with Gasteiger partial charge in [-0.1, -0.05) is 0 Å². The lowest BCUT2D eigenvalue weighted by molar-refractivity contribution is 0.256. The monoisotopic (exact) mass is 316 g/mol. The van der Waals surface area contributed by atoms with Crippen molar-refractivity contribution in [3.05, 3.63) is 0 Å². The van der Waals surface area contributed by atoms with E-state index in [2.05, 4.69) is 14.9 Å². The molecule has 7 heteroatoms. The molecular weight excluding hydrogens is 288 g/mol. The molecule has 3 heterocycles. The maximum absolute atomic E-state index is 12.7. The molecule has 0 aromatic heterocycles. The van der Waals surface area contributed by atoms with Crippen LogP contribution in [0, 0.1) is 5.92 Å². The van der Waals surface area contributed by atoms with E-state index < -0.39 is 10.2 Å². The van der Waals surface area contributed by atoms with Crippen LogP contribution in [0.15, 0.2) is 0 Å². The lowest BCUT2D eigenvalue weighted by atomic mass is 10.00. The molecule has 0 spiro atoms. The maximum Gasteiger partial charge on any atom is 0.279 e. The molecule has 0 radical (unpaired) electrons. The molecule has 2 N–H and O–H groups in total. The number of rotatable bonds is 5. The van der Waals surface area contributed by atoms with Crippen molar-refractivity contribution in [2.24, 2.45) is 5.92 Å². The highest BCUT2D eigenvalue weighted by Gasteiger charge is 2.40. The van der Waals surface area contributed by atoms with Crippen molar-refractivity contribution in [2.75, 3.05) is 39.8 Å². The Morgan fingerprint density at radius 1 is 1.10 bits per heavy atom. The fraction of sp³-hybridized carbons (Fsp3) is 1.00. The van der Waals surface area contributed by atoms with Gasteiger partial charge in [0.25, 0.3) is 10.2 Å². The molecule has 0 aromatic carbocycles. The van der Waals surface area contributed by atoms with Crippen molar-refractivity contribution < 1.29 is 8.42 Å². The first-order valence-electron chi connectivity index (χ1n) is 8.26. The van der Waals surface area contributed by atoms with Gasteiger partial charge in [-0.2, -0.15) is 17.4 Å². The molecule has 0 aliphatic carbocycles. The minimum atomic E-state index is -3.33. The van der Waals surface area contributed by atoms with Gasteiger partial charge in [-0.25, -0.2) is 0 Å². The third-order valence-electron chi connectivity index (χ3n) is 5.22. The zero-order valence-electron chi connectivity index (χ0n) is 12.9. The molecule has 3 fully saturated rings. The number of fused-ring (bicyclic) bond motifs is 1. The van der Waals surface area contributed by atoms with Crippen molar-refractivity contribution in [1.29, 1.82) is 0 Å². The van der Waals surface area contributed by atoms with E-state index in [0.29, 0.717) is 25.0 Å². The molecule has 6 nitrogen and oxygen atoms in total. The first-order chi connectivity index (χ1) is 10.1. The molecule has 21 heavy (non-hydrogen) atoms. The third kappa shape index (κ3) is 3.42. The number of nitrogens with zero attached hydrogens (tertiary/aromatic N) is 2. The topological polar surface area (TPSA) is 64.7 Å². The molecule has 3 aliphatic heterocycles. The summed E-state index contributed by atoms with van der Waals surface area (Å²) in [7, 11) is -1.40. The SMILES string of the molecule is CNCC1CCCN(S(=O)(=O)NC2CCN3CCCC23)C1. The number of hydrogen-bond donors (Lipinski definition) is 2. The second-order valence-corrected chi connectivity index (χ2v) is 8.39. The van der Waals surface area contributed by atoms with E-state index in [4.69, 9.17) is 0 Å². The van der Waals surface area contributed by atoms with E-state index in [9.17, 15) is 8.42 Å². The van der Waals surface area contributed by atoms with Crippen molar-refractivity contribution in [3.63, 3.8) is 0 Å². The van der Waals surface area contributed by atoms with Crippen LogP contribution in [0.3, 0.4) is 0 Å². The second-order valence-electron chi connectivity index (χ2n) is 6.69. The molecular formula is C14H28N4O2S. The smallest absolute Gasteiger partial charge is 0.279 e. The summed E-state index contributed by atoms with van der Waals surface area (Å²) in [6.07, 6.45) is 5.38. The van der Waals surface area contributed by atoms with Gasteiger partial charge in [-0.15, -0.1) is 0 Å². The molecule has 0 aromatic rings. The van der Waals surface area contributed by atoms with E-state index >= 15 is 0 Å². The number of nitrogens with one attached hydrogen (secondary N) is 2. The third-order valence-corrected chi connectivity index (χ3v) is 6.83. The maximum atomic E-state index is 12.7. The normalized spacial score (nSPS) is 35.2. The van der Waals surface area contributed by atoms with Gasteiger partial charge in [0.05, 0.1) is 0 Å². The summed E-state index contributed by atoms with van der Waals surface area (Å²) < 4.78 is 30.0. The summed E-state index contributed by atoms with van der Waals surface area (Å²) in [6, 6.07) is 0.542. The second kappa shape index (κ2) is 6.50. The largest absolute Gasteiger partial charge is 0.319 e. The van der Waals surface area contributed by atoms with E-state index in [1.54, 1.807) is 4.31 Å². The van der Waals surface area contributed by atoms with Crippen LogP contribution >= 0.6 is 0 Å². The Balaban J connectivity index is 1.61. The van der Waals surface area contributed by atoms with E-state index in [1.165, 1.54) is 6.42 Å². The summed E-state index contributed by atoms with van der Waals surface area (Å²) in [5.41, 5.74) is 0. The summed E-state index contributed by atoms with van der Waals surface area (Å²) in [4.78, 5) is 2.44. The van der Waals surface area contributed by atoms with Crippen molar-refractivity contribution in [3.8, 4) is 0 Å². The van der Waals surface area contributed by atoms with Crippen LogP contribution in [-0.2, 0) is 10.2 Å². The minimum absolute atomic E-state index is 0.113. The van der Waals surface area contributed by atoms with Crippen LogP contribution in [0.25, 0.3) is 0 Å². The van der Waals surface area contributed by atoms with Crippen LogP contribution in [0.2, 0.25) is 0 Å². The zero-order chi connectivity index (χ0) is 14.9. The van der Waals surface area contributed by atoms with Gasteiger partial charge in [0.15, 0.2) is 0 Å². The minimum Gasteiger partial charge on any atom is -0.319 e. The van der Waals surface area contributed by atoms with Gasteiger partial charge in [-0.3, -0.25) is 4.90 Å². The molecule has 3 unspecified atom stereocenters. The summed E-state index contributed by atoms with van der Waals surface area (Å²) in [5.74, 6) is 0.437. The molecule has 122 valence electrons. The molecule has 3 atom stereocenters. The zero-order valence-corrected chi connectivity index (χ0v) is 13.7. The Morgan fingerprint density at radius 2 is 1.90 bits per heavy atom. The van der Waals surface area contributed by atoms with Gasteiger partial charge in [0.1, 0.15) is 0 Å². The van der Waals surface area contributed by atoms with Crippen LogP contribution in [0.1, 0.15) is 32.1 Å². The average Bonchev–Trinajstić information content (AvgIpc) is 3.05. The van der Waals surface area contributed by atoms with E-state index in [1.807, 2.05) is 7.05 Å².